The molecule has 1 unspecified atom stereocenters. The van der Waals surface area contributed by atoms with Crippen molar-refractivity contribution in [2.45, 2.75) is 62.6 Å². The molecule has 2 N–H and O–H groups in total. The van der Waals surface area contributed by atoms with Gasteiger partial charge < -0.3 is 20.3 Å². The molecule has 196 valence electrons. The second-order valence-electron chi connectivity index (χ2n) is 10.3. The first-order valence-corrected chi connectivity index (χ1v) is 13.0. The summed E-state index contributed by atoms with van der Waals surface area (Å²) in [6.07, 6.45) is 3.74. The van der Waals surface area contributed by atoms with E-state index in [1.807, 2.05) is 23.1 Å². The lowest BCUT2D eigenvalue weighted by atomic mass is 9.93. The number of benzene rings is 2. The predicted molar refractivity (Wildman–Crippen MR) is 138 cm³/mol. The molecular formula is C29H35FN4O3. The third-order valence-corrected chi connectivity index (χ3v) is 7.67. The molecule has 4 rings (SSSR count). The molecule has 1 saturated heterocycles. The monoisotopic (exact) mass is 506 g/mol. The highest BCUT2D eigenvalue weighted by Crippen LogP contribution is 2.40. The first-order chi connectivity index (χ1) is 17.8. The summed E-state index contributed by atoms with van der Waals surface area (Å²) in [5.41, 5.74) is 1.80. The molecule has 0 bridgehead atoms. The zero-order valence-electron chi connectivity index (χ0n) is 21.5. The summed E-state index contributed by atoms with van der Waals surface area (Å²) >= 11 is 0. The van der Waals surface area contributed by atoms with E-state index in [0.717, 1.165) is 37.8 Å². The van der Waals surface area contributed by atoms with Gasteiger partial charge in [-0.25, -0.2) is 4.39 Å². The molecule has 1 saturated carbocycles. The first-order valence-electron chi connectivity index (χ1n) is 13.0. The Morgan fingerprint density at radius 3 is 2.46 bits per heavy atom. The number of amides is 2. The van der Waals surface area contributed by atoms with Gasteiger partial charge in [-0.2, -0.15) is 5.26 Å². The lowest BCUT2D eigenvalue weighted by molar-refractivity contribution is -0.138. The zero-order valence-corrected chi connectivity index (χ0v) is 21.5. The van der Waals surface area contributed by atoms with Crippen LogP contribution in [0.25, 0.3) is 0 Å². The van der Waals surface area contributed by atoms with Crippen LogP contribution in [0.1, 0.15) is 66.4 Å². The maximum Gasteiger partial charge on any atom is 0.251 e. The Hall–Kier alpha value is -3.28. The predicted octanol–water partition coefficient (Wildman–Crippen LogP) is 3.75. The maximum atomic E-state index is 13.4. The van der Waals surface area contributed by atoms with Gasteiger partial charge in [-0.1, -0.05) is 12.1 Å². The van der Waals surface area contributed by atoms with Crippen molar-refractivity contribution in [3.8, 4) is 6.07 Å². The largest absolute Gasteiger partial charge is 0.378 e. The molecule has 2 aliphatic rings. The van der Waals surface area contributed by atoms with Crippen molar-refractivity contribution in [3.05, 3.63) is 71.0 Å². The SMILES string of the molecule is COC1(C)CCN(C(=O)[C@H](CCCNC2C[C@H]2c2ccc(F)cc2)NC(=O)c2ccc(C#N)cc2)CC1. The van der Waals surface area contributed by atoms with Gasteiger partial charge in [0.1, 0.15) is 11.9 Å². The quantitative estimate of drug-likeness (QED) is 0.479. The van der Waals surface area contributed by atoms with Crippen LogP contribution in [-0.2, 0) is 9.53 Å². The number of carbonyl (C=O) groups excluding carboxylic acids is 2. The lowest BCUT2D eigenvalue weighted by Crippen LogP contribution is -2.53. The standard InChI is InChI=1S/C29H35FN4O3/c1-29(37-2)13-16-34(17-14-29)28(36)25(33-27(35)22-7-5-20(19-31)6-8-22)4-3-15-32-26-18-24(26)21-9-11-23(30)12-10-21/h5-12,24-26,32H,3-4,13-18H2,1-2H3,(H,33,35)/t24-,25-,26?/m0/s1. The molecule has 2 fully saturated rings. The van der Waals surface area contributed by atoms with Crippen molar-refractivity contribution in [1.82, 2.24) is 15.5 Å². The molecule has 2 amide bonds. The number of methoxy groups -OCH3 is 1. The van der Waals surface area contributed by atoms with Gasteiger partial charge in [0.15, 0.2) is 0 Å². The number of halogens is 1. The Balaban J connectivity index is 1.33. The number of hydrogen-bond acceptors (Lipinski definition) is 5. The number of nitrogens with zero attached hydrogens (tertiary/aromatic N) is 2. The highest BCUT2D eigenvalue weighted by atomic mass is 19.1. The molecule has 3 atom stereocenters. The zero-order chi connectivity index (χ0) is 26.4. The summed E-state index contributed by atoms with van der Waals surface area (Å²) in [5, 5.41) is 15.5. The van der Waals surface area contributed by atoms with E-state index in [1.54, 1.807) is 31.4 Å². The van der Waals surface area contributed by atoms with Gasteiger partial charge in [0.05, 0.1) is 17.2 Å². The number of rotatable bonds is 10. The minimum Gasteiger partial charge on any atom is -0.378 e. The molecule has 7 nitrogen and oxygen atoms in total. The lowest BCUT2D eigenvalue weighted by Gasteiger charge is -2.39. The fraction of sp³-hybridized carbons (Fsp3) is 0.483. The van der Waals surface area contributed by atoms with Gasteiger partial charge >= 0.3 is 0 Å². The molecule has 1 aliphatic carbocycles. The van der Waals surface area contributed by atoms with Crippen LogP contribution in [0.15, 0.2) is 48.5 Å². The molecule has 8 heteroatoms. The molecule has 1 heterocycles. The van der Waals surface area contributed by atoms with E-state index in [1.165, 1.54) is 12.1 Å². The molecule has 0 aromatic heterocycles. The smallest absolute Gasteiger partial charge is 0.251 e. The summed E-state index contributed by atoms with van der Waals surface area (Å²) in [4.78, 5) is 28.2. The summed E-state index contributed by atoms with van der Waals surface area (Å²) in [7, 11) is 1.70. The average Bonchev–Trinajstić information content (AvgIpc) is 3.70. The average molecular weight is 507 g/mol. The molecule has 0 spiro atoms. The highest BCUT2D eigenvalue weighted by molar-refractivity contribution is 5.97. The van der Waals surface area contributed by atoms with Gasteiger partial charge in [-0.05, 0) is 87.5 Å². The summed E-state index contributed by atoms with van der Waals surface area (Å²) < 4.78 is 18.8. The minimum atomic E-state index is -0.635. The van der Waals surface area contributed by atoms with Gasteiger partial charge in [0, 0.05) is 37.7 Å². The topological polar surface area (TPSA) is 94.5 Å². The van der Waals surface area contributed by atoms with Crippen LogP contribution in [0.3, 0.4) is 0 Å². The number of piperidine rings is 1. The van der Waals surface area contributed by atoms with Crippen LogP contribution in [-0.4, -0.2) is 61.1 Å². The Bertz CT molecular complexity index is 1120. The van der Waals surface area contributed by atoms with Gasteiger partial charge in [-0.15, -0.1) is 0 Å². The fourth-order valence-corrected chi connectivity index (χ4v) is 4.91. The van der Waals surface area contributed by atoms with Gasteiger partial charge in [0.25, 0.3) is 5.91 Å². The number of carbonyl (C=O) groups is 2. The molecular weight excluding hydrogens is 471 g/mol. The van der Waals surface area contributed by atoms with Crippen LogP contribution in [0.2, 0.25) is 0 Å². The molecule has 0 radical (unpaired) electrons. The van der Waals surface area contributed by atoms with Crippen molar-refractivity contribution in [2.75, 3.05) is 26.7 Å². The van der Waals surface area contributed by atoms with Crippen molar-refractivity contribution in [3.63, 3.8) is 0 Å². The Morgan fingerprint density at radius 1 is 1.16 bits per heavy atom. The van der Waals surface area contributed by atoms with Crippen LogP contribution in [0.5, 0.6) is 0 Å². The Kier molecular flexibility index (Phi) is 8.57. The van der Waals surface area contributed by atoms with Crippen molar-refractivity contribution >= 4 is 11.8 Å². The van der Waals surface area contributed by atoms with Crippen molar-refractivity contribution in [1.29, 1.82) is 5.26 Å². The van der Waals surface area contributed by atoms with Crippen LogP contribution >= 0.6 is 0 Å². The van der Waals surface area contributed by atoms with Gasteiger partial charge in [-0.3, -0.25) is 9.59 Å². The third kappa shape index (κ3) is 6.94. The van der Waals surface area contributed by atoms with E-state index in [0.29, 0.717) is 42.6 Å². The second-order valence-corrected chi connectivity index (χ2v) is 10.3. The van der Waals surface area contributed by atoms with E-state index in [9.17, 15) is 14.0 Å². The molecule has 2 aromatic carbocycles. The number of ether oxygens (including phenoxy) is 1. The number of likely N-dealkylation sites (tertiary alicyclic amines) is 1. The molecule has 2 aromatic rings. The summed E-state index contributed by atoms with van der Waals surface area (Å²) in [6.45, 7) is 3.96. The van der Waals surface area contributed by atoms with Crippen LogP contribution in [0.4, 0.5) is 4.39 Å². The maximum absolute atomic E-state index is 13.4. The normalized spacial score (nSPS) is 21.1. The highest BCUT2D eigenvalue weighted by Gasteiger charge is 2.38. The fourth-order valence-electron chi connectivity index (χ4n) is 4.91. The molecule has 1 aliphatic heterocycles. The summed E-state index contributed by atoms with van der Waals surface area (Å²) in [5.74, 6) is -0.241. The van der Waals surface area contributed by atoms with Crippen molar-refractivity contribution < 1.29 is 18.7 Å². The van der Waals surface area contributed by atoms with Crippen LogP contribution in [0, 0.1) is 17.1 Å². The van der Waals surface area contributed by atoms with E-state index in [2.05, 4.69) is 17.6 Å². The van der Waals surface area contributed by atoms with Crippen molar-refractivity contribution in [2.24, 2.45) is 0 Å². The number of nitriles is 1. The van der Waals surface area contributed by atoms with E-state index >= 15 is 0 Å². The Labute approximate surface area is 218 Å². The van der Waals surface area contributed by atoms with E-state index in [4.69, 9.17) is 10.00 Å². The first kappa shape index (κ1) is 26.8. The summed E-state index contributed by atoms with van der Waals surface area (Å²) in [6, 6.07) is 14.8. The van der Waals surface area contributed by atoms with E-state index < -0.39 is 6.04 Å². The molecule has 37 heavy (non-hydrogen) atoms. The van der Waals surface area contributed by atoms with Crippen LogP contribution < -0.4 is 10.6 Å². The number of nitrogens with one attached hydrogen (secondary N) is 2. The third-order valence-electron chi connectivity index (χ3n) is 7.67. The van der Waals surface area contributed by atoms with E-state index in [-0.39, 0.29) is 23.2 Å². The number of hydrogen-bond donors (Lipinski definition) is 2. The Morgan fingerprint density at radius 2 is 1.84 bits per heavy atom. The second kappa shape index (κ2) is 11.8. The van der Waals surface area contributed by atoms with Gasteiger partial charge in [0.2, 0.25) is 5.91 Å². The minimum absolute atomic E-state index is 0.0734.